The Morgan fingerprint density at radius 1 is 1.12 bits per heavy atom. The first-order valence-corrected chi connectivity index (χ1v) is 11.1. The van der Waals surface area contributed by atoms with Gasteiger partial charge in [-0.05, 0) is 38.3 Å². The third-order valence-electron chi connectivity index (χ3n) is 5.77. The molecule has 172 valence electrons. The van der Waals surface area contributed by atoms with Crippen molar-refractivity contribution >= 4 is 11.6 Å². The highest BCUT2D eigenvalue weighted by atomic mass is 16.5. The molecular formula is C23H32N6O3. The second kappa shape index (κ2) is 9.60. The Kier molecular flexibility index (Phi) is 6.64. The number of methoxy groups -OCH3 is 2. The van der Waals surface area contributed by atoms with Crippen LogP contribution in [0.25, 0.3) is 5.65 Å². The van der Waals surface area contributed by atoms with Gasteiger partial charge in [-0.15, -0.1) is 0 Å². The van der Waals surface area contributed by atoms with E-state index in [0.29, 0.717) is 23.5 Å². The lowest BCUT2D eigenvalue weighted by Crippen LogP contribution is -2.37. The van der Waals surface area contributed by atoms with Gasteiger partial charge in [0, 0.05) is 17.7 Å². The first-order valence-electron chi connectivity index (χ1n) is 11.1. The van der Waals surface area contributed by atoms with E-state index in [1.165, 1.54) is 0 Å². The van der Waals surface area contributed by atoms with Gasteiger partial charge in [-0.1, -0.05) is 26.0 Å². The molecule has 1 fully saturated rings. The standard InChI is InChI=1S/C23H32N6O3/c1-14(2)18-13-25-29-21(18)27-23(32-16-8-7-11-24-12-16)28-22(29)26-15(3)17-9-6-10-19(30-4)20(17)31-5/h6,9-10,13-16,24H,7-8,11-12H2,1-5H3,(H,26,27,28)/t15-,16+/m0/s1. The van der Waals surface area contributed by atoms with Gasteiger partial charge in [-0.3, -0.25) is 0 Å². The molecule has 0 spiro atoms. The molecule has 4 rings (SSSR count). The van der Waals surface area contributed by atoms with Crippen molar-refractivity contribution in [3.63, 3.8) is 0 Å². The molecule has 1 aliphatic rings. The summed E-state index contributed by atoms with van der Waals surface area (Å²) in [6, 6.07) is 6.06. The second-order valence-electron chi connectivity index (χ2n) is 8.35. The van der Waals surface area contributed by atoms with Crippen LogP contribution in [0.5, 0.6) is 17.5 Å². The Balaban J connectivity index is 1.71. The van der Waals surface area contributed by atoms with Crippen LogP contribution in [0.1, 0.15) is 56.7 Å². The van der Waals surface area contributed by atoms with E-state index in [4.69, 9.17) is 19.2 Å². The van der Waals surface area contributed by atoms with Gasteiger partial charge >= 0.3 is 6.01 Å². The minimum atomic E-state index is -0.131. The number of hydrogen-bond donors (Lipinski definition) is 2. The minimum Gasteiger partial charge on any atom is -0.493 e. The highest BCUT2D eigenvalue weighted by Crippen LogP contribution is 2.36. The number of nitrogens with zero attached hydrogens (tertiary/aromatic N) is 4. The first kappa shape index (κ1) is 22.1. The van der Waals surface area contributed by atoms with Gasteiger partial charge in [0.25, 0.3) is 0 Å². The zero-order valence-corrected chi connectivity index (χ0v) is 19.4. The lowest BCUT2D eigenvalue weighted by molar-refractivity contribution is 0.153. The van der Waals surface area contributed by atoms with Crippen molar-refractivity contribution in [3.05, 3.63) is 35.5 Å². The van der Waals surface area contributed by atoms with E-state index < -0.39 is 0 Å². The van der Waals surface area contributed by atoms with Crippen molar-refractivity contribution in [2.24, 2.45) is 0 Å². The molecule has 1 aromatic carbocycles. The fourth-order valence-electron chi connectivity index (χ4n) is 4.02. The van der Waals surface area contributed by atoms with Gasteiger partial charge in [0.05, 0.1) is 26.5 Å². The maximum absolute atomic E-state index is 6.17. The second-order valence-corrected chi connectivity index (χ2v) is 8.35. The molecule has 32 heavy (non-hydrogen) atoms. The van der Waals surface area contributed by atoms with E-state index in [2.05, 4.69) is 34.6 Å². The Labute approximate surface area is 188 Å². The predicted octanol–water partition coefficient (Wildman–Crippen LogP) is 3.57. The minimum absolute atomic E-state index is 0.0559. The molecule has 0 saturated carbocycles. The van der Waals surface area contributed by atoms with Crippen molar-refractivity contribution in [2.45, 2.75) is 51.7 Å². The number of aromatic nitrogens is 4. The Hall–Kier alpha value is -3.07. The van der Waals surface area contributed by atoms with Crippen LogP contribution in [0, 0.1) is 0 Å². The summed E-state index contributed by atoms with van der Waals surface area (Å²) >= 11 is 0. The van der Waals surface area contributed by atoms with Crippen LogP contribution >= 0.6 is 0 Å². The quantitative estimate of drug-likeness (QED) is 0.549. The van der Waals surface area contributed by atoms with E-state index in [-0.39, 0.29) is 18.1 Å². The van der Waals surface area contributed by atoms with Crippen molar-refractivity contribution in [1.29, 1.82) is 0 Å². The predicted molar refractivity (Wildman–Crippen MR) is 123 cm³/mol. The molecule has 1 saturated heterocycles. The van der Waals surface area contributed by atoms with E-state index in [1.54, 1.807) is 18.7 Å². The average molecular weight is 441 g/mol. The van der Waals surface area contributed by atoms with Crippen LogP contribution in [0.15, 0.2) is 24.4 Å². The van der Waals surface area contributed by atoms with E-state index >= 15 is 0 Å². The molecule has 1 aliphatic heterocycles. The Bertz CT molecular complexity index is 1060. The number of nitrogens with one attached hydrogen (secondary N) is 2. The van der Waals surface area contributed by atoms with Gasteiger partial charge in [0.1, 0.15) is 6.10 Å². The van der Waals surface area contributed by atoms with E-state index in [1.807, 2.05) is 31.3 Å². The van der Waals surface area contributed by atoms with Gasteiger partial charge in [-0.2, -0.15) is 19.6 Å². The molecule has 0 bridgehead atoms. The first-order chi connectivity index (χ1) is 15.5. The molecule has 2 atom stereocenters. The smallest absolute Gasteiger partial charge is 0.322 e. The highest BCUT2D eigenvalue weighted by Gasteiger charge is 2.22. The van der Waals surface area contributed by atoms with Crippen LogP contribution in [-0.4, -0.2) is 53.0 Å². The lowest BCUT2D eigenvalue weighted by atomic mass is 10.1. The van der Waals surface area contributed by atoms with Crippen LogP contribution in [0.2, 0.25) is 0 Å². The number of para-hydroxylation sites is 1. The number of piperidine rings is 1. The van der Waals surface area contributed by atoms with Gasteiger partial charge in [0.2, 0.25) is 5.95 Å². The topological polar surface area (TPSA) is 94.8 Å². The Morgan fingerprint density at radius 2 is 1.97 bits per heavy atom. The third-order valence-corrected chi connectivity index (χ3v) is 5.77. The summed E-state index contributed by atoms with van der Waals surface area (Å²) in [6.07, 6.45) is 3.97. The SMILES string of the molecule is COc1cccc([C@H](C)Nc2nc(O[C@@H]3CCCNC3)nc3c(C(C)C)cnn23)c1OC. The van der Waals surface area contributed by atoms with Crippen LogP contribution in [-0.2, 0) is 0 Å². The normalized spacial score (nSPS) is 17.4. The van der Waals surface area contributed by atoms with Crippen molar-refractivity contribution in [2.75, 3.05) is 32.6 Å². The van der Waals surface area contributed by atoms with Crippen LogP contribution < -0.4 is 24.8 Å². The summed E-state index contributed by atoms with van der Waals surface area (Å²) in [5.41, 5.74) is 2.75. The summed E-state index contributed by atoms with van der Waals surface area (Å²) in [4.78, 5) is 9.39. The fourth-order valence-corrected chi connectivity index (χ4v) is 4.02. The maximum atomic E-state index is 6.17. The summed E-state index contributed by atoms with van der Waals surface area (Å²) in [5.74, 6) is 2.21. The summed E-state index contributed by atoms with van der Waals surface area (Å²) in [7, 11) is 3.28. The number of hydrogen-bond acceptors (Lipinski definition) is 8. The molecule has 0 unspecified atom stereocenters. The van der Waals surface area contributed by atoms with Gasteiger partial charge < -0.3 is 24.8 Å². The number of anilines is 1. The number of fused-ring (bicyclic) bond motifs is 1. The van der Waals surface area contributed by atoms with Crippen molar-refractivity contribution < 1.29 is 14.2 Å². The maximum Gasteiger partial charge on any atom is 0.322 e. The molecule has 9 nitrogen and oxygen atoms in total. The van der Waals surface area contributed by atoms with E-state index in [0.717, 1.165) is 42.7 Å². The van der Waals surface area contributed by atoms with Crippen molar-refractivity contribution in [1.82, 2.24) is 24.9 Å². The molecule has 3 aromatic rings. The average Bonchev–Trinajstić information content (AvgIpc) is 3.23. The molecular weight excluding hydrogens is 408 g/mol. The van der Waals surface area contributed by atoms with Gasteiger partial charge in [0.15, 0.2) is 17.1 Å². The third kappa shape index (κ3) is 4.43. The molecule has 0 amide bonds. The number of benzene rings is 1. The zero-order valence-electron chi connectivity index (χ0n) is 19.4. The molecule has 3 heterocycles. The largest absolute Gasteiger partial charge is 0.493 e. The van der Waals surface area contributed by atoms with Crippen molar-refractivity contribution in [3.8, 4) is 17.5 Å². The lowest BCUT2D eigenvalue weighted by Gasteiger charge is -2.23. The molecule has 9 heteroatoms. The molecule has 2 N–H and O–H groups in total. The molecule has 0 radical (unpaired) electrons. The summed E-state index contributed by atoms with van der Waals surface area (Å²) < 4.78 is 19.0. The zero-order chi connectivity index (χ0) is 22.7. The molecule has 0 aliphatic carbocycles. The molecule has 2 aromatic heterocycles. The van der Waals surface area contributed by atoms with Crippen LogP contribution in [0.3, 0.4) is 0 Å². The Morgan fingerprint density at radius 3 is 2.66 bits per heavy atom. The van der Waals surface area contributed by atoms with E-state index in [9.17, 15) is 0 Å². The monoisotopic (exact) mass is 440 g/mol. The number of ether oxygens (including phenoxy) is 3. The van der Waals surface area contributed by atoms with Crippen LogP contribution in [0.4, 0.5) is 5.95 Å². The fraction of sp³-hybridized carbons (Fsp3) is 0.522. The highest BCUT2D eigenvalue weighted by molar-refractivity contribution is 5.55. The van der Waals surface area contributed by atoms with Gasteiger partial charge in [-0.25, -0.2) is 0 Å². The summed E-state index contributed by atoms with van der Waals surface area (Å²) in [5, 5.41) is 11.4. The number of rotatable bonds is 8. The summed E-state index contributed by atoms with van der Waals surface area (Å²) in [6.45, 7) is 8.12.